The Balaban J connectivity index is 1.89. The van der Waals surface area contributed by atoms with Crippen molar-refractivity contribution >= 4 is 17.5 Å². The highest BCUT2D eigenvalue weighted by molar-refractivity contribution is 5.89. The molecule has 23 heavy (non-hydrogen) atoms. The van der Waals surface area contributed by atoms with Crippen LogP contribution in [0.4, 0.5) is 11.6 Å². The molecule has 6 nitrogen and oxygen atoms in total. The molecule has 0 fully saturated rings. The van der Waals surface area contributed by atoms with Crippen LogP contribution >= 0.6 is 0 Å². The summed E-state index contributed by atoms with van der Waals surface area (Å²) in [5.41, 5.74) is 9.65. The van der Waals surface area contributed by atoms with Crippen molar-refractivity contribution in [3.63, 3.8) is 0 Å². The van der Waals surface area contributed by atoms with Crippen LogP contribution < -0.4 is 11.1 Å². The molecule has 2 heterocycles. The largest absolute Gasteiger partial charge is 0.368 e. The molecule has 0 radical (unpaired) electrons. The van der Waals surface area contributed by atoms with Gasteiger partial charge in [-0.25, -0.2) is 9.97 Å². The molecule has 3 rings (SSSR count). The van der Waals surface area contributed by atoms with Crippen molar-refractivity contribution in [2.24, 2.45) is 0 Å². The van der Waals surface area contributed by atoms with Gasteiger partial charge < -0.3 is 11.1 Å². The molecule has 3 N–H and O–H groups in total. The van der Waals surface area contributed by atoms with Gasteiger partial charge in [-0.3, -0.25) is 9.78 Å². The van der Waals surface area contributed by atoms with E-state index in [4.69, 9.17) is 5.73 Å². The minimum absolute atomic E-state index is 0.105. The van der Waals surface area contributed by atoms with E-state index in [1.807, 2.05) is 36.4 Å². The van der Waals surface area contributed by atoms with Gasteiger partial charge >= 0.3 is 0 Å². The number of nitrogens with one attached hydrogen (secondary N) is 1. The molecule has 2 aromatic heterocycles. The third kappa shape index (κ3) is 3.49. The summed E-state index contributed by atoms with van der Waals surface area (Å²) >= 11 is 0. The summed E-state index contributed by atoms with van der Waals surface area (Å²) in [5, 5.41) is 2.76. The smallest absolute Gasteiger partial charge is 0.221 e. The fourth-order valence-electron chi connectivity index (χ4n) is 2.21. The lowest BCUT2D eigenvalue weighted by Gasteiger charge is -2.06. The van der Waals surface area contributed by atoms with Gasteiger partial charge in [0, 0.05) is 36.1 Å². The lowest BCUT2D eigenvalue weighted by Crippen LogP contribution is -2.05. The molecule has 6 heteroatoms. The van der Waals surface area contributed by atoms with Crippen LogP contribution in [0.3, 0.4) is 0 Å². The molecule has 0 atom stereocenters. The number of nitrogens with two attached hydrogens (primary N) is 1. The third-order valence-corrected chi connectivity index (χ3v) is 3.21. The van der Waals surface area contributed by atoms with Crippen LogP contribution in [0.5, 0.6) is 0 Å². The van der Waals surface area contributed by atoms with Crippen LogP contribution in [0.15, 0.2) is 54.9 Å². The van der Waals surface area contributed by atoms with Gasteiger partial charge in [0.2, 0.25) is 11.9 Å². The predicted molar refractivity (Wildman–Crippen MR) is 89.4 cm³/mol. The van der Waals surface area contributed by atoms with Crippen LogP contribution in [-0.4, -0.2) is 20.9 Å². The molecule has 0 unspecified atom stereocenters. The normalized spacial score (nSPS) is 10.3. The molecule has 0 saturated heterocycles. The highest BCUT2D eigenvalue weighted by Gasteiger charge is 2.05. The van der Waals surface area contributed by atoms with Crippen LogP contribution in [0.2, 0.25) is 0 Å². The molecule has 0 aliphatic heterocycles. The monoisotopic (exact) mass is 305 g/mol. The Morgan fingerprint density at radius 2 is 1.91 bits per heavy atom. The Morgan fingerprint density at radius 3 is 2.61 bits per heavy atom. The number of anilines is 2. The number of aromatic nitrogens is 3. The first-order valence-electron chi connectivity index (χ1n) is 7.05. The molecule has 114 valence electrons. The first kappa shape index (κ1) is 14.6. The van der Waals surface area contributed by atoms with Gasteiger partial charge in [-0.15, -0.1) is 0 Å². The van der Waals surface area contributed by atoms with Crippen molar-refractivity contribution in [2.75, 3.05) is 11.1 Å². The summed E-state index contributed by atoms with van der Waals surface area (Å²) < 4.78 is 0. The first-order valence-corrected chi connectivity index (χ1v) is 7.05. The highest BCUT2D eigenvalue weighted by atomic mass is 16.1. The van der Waals surface area contributed by atoms with E-state index in [0.29, 0.717) is 0 Å². The number of carbonyl (C=O) groups is 1. The zero-order chi connectivity index (χ0) is 16.2. The molecular weight excluding hydrogens is 290 g/mol. The molecule has 0 aliphatic carbocycles. The van der Waals surface area contributed by atoms with E-state index in [9.17, 15) is 4.79 Å². The standard InChI is InChI=1S/C17H15N5O/c1-11(23)21-14-4-2-3-12(9-14)15-6-5-13(10-20-15)16-7-8-19-17(18)22-16/h2-10H,1H3,(H,21,23)(H2,18,19,22). The number of hydrogen-bond donors (Lipinski definition) is 2. The summed E-state index contributed by atoms with van der Waals surface area (Å²) in [5.74, 6) is 0.126. The summed E-state index contributed by atoms with van der Waals surface area (Å²) in [4.78, 5) is 23.6. The summed E-state index contributed by atoms with van der Waals surface area (Å²) in [6, 6.07) is 13.1. The van der Waals surface area contributed by atoms with Crippen molar-refractivity contribution in [1.82, 2.24) is 15.0 Å². The number of nitrogens with zero attached hydrogens (tertiary/aromatic N) is 3. The van der Waals surface area contributed by atoms with E-state index in [1.165, 1.54) is 6.92 Å². The number of carbonyl (C=O) groups excluding carboxylic acids is 1. The van der Waals surface area contributed by atoms with Crippen LogP contribution in [0.1, 0.15) is 6.92 Å². The van der Waals surface area contributed by atoms with Gasteiger partial charge in [-0.2, -0.15) is 0 Å². The van der Waals surface area contributed by atoms with E-state index in [0.717, 1.165) is 28.2 Å². The zero-order valence-corrected chi connectivity index (χ0v) is 12.5. The van der Waals surface area contributed by atoms with Crippen LogP contribution in [0, 0.1) is 0 Å². The lowest BCUT2D eigenvalue weighted by molar-refractivity contribution is -0.114. The number of pyridine rings is 1. The molecule has 0 bridgehead atoms. The van der Waals surface area contributed by atoms with Crippen LogP contribution in [-0.2, 0) is 4.79 Å². The maximum atomic E-state index is 11.1. The van der Waals surface area contributed by atoms with Crippen molar-refractivity contribution in [2.45, 2.75) is 6.92 Å². The SMILES string of the molecule is CC(=O)Nc1cccc(-c2ccc(-c3ccnc(N)n3)cn2)c1. The average Bonchev–Trinajstić information content (AvgIpc) is 2.55. The van der Waals surface area contributed by atoms with E-state index in [2.05, 4.69) is 20.3 Å². The van der Waals surface area contributed by atoms with Gasteiger partial charge in [0.25, 0.3) is 0 Å². The predicted octanol–water partition coefficient (Wildman–Crippen LogP) is 2.75. The number of benzene rings is 1. The average molecular weight is 305 g/mol. The summed E-state index contributed by atoms with van der Waals surface area (Å²) in [7, 11) is 0. The second-order valence-electron chi connectivity index (χ2n) is 4.99. The quantitative estimate of drug-likeness (QED) is 0.776. The lowest BCUT2D eigenvalue weighted by atomic mass is 10.1. The number of amides is 1. The van der Waals surface area contributed by atoms with Gasteiger partial charge in [0.05, 0.1) is 11.4 Å². The number of hydrogen-bond acceptors (Lipinski definition) is 5. The van der Waals surface area contributed by atoms with Gasteiger partial charge in [-0.1, -0.05) is 12.1 Å². The zero-order valence-electron chi connectivity index (χ0n) is 12.5. The molecule has 0 aliphatic rings. The van der Waals surface area contributed by atoms with Crippen LogP contribution in [0.25, 0.3) is 22.5 Å². The molecule has 0 spiro atoms. The van der Waals surface area contributed by atoms with Gasteiger partial charge in [0.1, 0.15) is 0 Å². The minimum Gasteiger partial charge on any atom is -0.368 e. The topological polar surface area (TPSA) is 93.8 Å². The Bertz CT molecular complexity index is 846. The Kier molecular flexibility index (Phi) is 3.97. The Hall–Kier alpha value is -3.28. The highest BCUT2D eigenvalue weighted by Crippen LogP contribution is 2.23. The third-order valence-electron chi connectivity index (χ3n) is 3.21. The Morgan fingerprint density at radius 1 is 1.04 bits per heavy atom. The second kappa shape index (κ2) is 6.23. The maximum absolute atomic E-state index is 11.1. The van der Waals surface area contributed by atoms with Gasteiger partial charge in [0.15, 0.2) is 0 Å². The summed E-state index contributed by atoms with van der Waals surface area (Å²) in [6.07, 6.45) is 3.35. The fraction of sp³-hybridized carbons (Fsp3) is 0.0588. The van der Waals surface area contributed by atoms with E-state index >= 15 is 0 Å². The molecule has 1 amide bonds. The molecule has 1 aromatic carbocycles. The van der Waals surface area contributed by atoms with Crippen molar-refractivity contribution < 1.29 is 4.79 Å². The summed E-state index contributed by atoms with van der Waals surface area (Å²) in [6.45, 7) is 1.48. The Labute approximate surface area is 133 Å². The maximum Gasteiger partial charge on any atom is 0.221 e. The van der Waals surface area contributed by atoms with E-state index in [1.54, 1.807) is 18.5 Å². The number of rotatable bonds is 3. The van der Waals surface area contributed by atoms with Crippen molar-refractivity contribution in [1.29, 1.82) is 0 Å². The first-order chi connectivity index (χ1) is 11.1. The molecule has 3 aromatic rings. The minimum atomic E-state index is -0.105. The number of nitrogen functional groups attached to an aromatic ring is 1. The van der Waals surface area contributed by atoms with E-state index < -0.39 is 0 Å². The second-order valence-corrected chi connectivity index (χ2v) is 4.99. The van der Waals surface area contributed by atoms with Crippen molar-refractivity contribution in [3.8, 4) is 22.5 Å². The fourth-order valence-corrected chi connectivity index (χ4v) is 2.21. The van der Waals surface area contributed by atoms with Crippen molar-refractivity contribution in [3.05, 3.63) is 54.9 Å². The molecule has 0 saturated carbocycles. The molecular formula is C17H15N5O. The van der Waals surface area contributed by atoms with E-state index in [-0.39, 0.29) is 11.9 Å². The van der Waals surface area contributed by atoms with Gasteiger partial charge in [-0.05, 0) is 30.3 Å².